The predicted octanol–water partition coefficient (Wildman–Crippen LogP) is 6.21. The number of halogens is 3. The van der Waals surface area contributed by atoms with Gasteiger partial charge in [0.15, 0.2) is 0 Å². The fraction of sp³-hybridized carbons (Fsp3) is 0.158. The summed E-state index contributed by atoms with van der Waals surface area (Å²) >= 11 is 2.40. The minimum absolute atomic E-state index is 0.116. The van der Waals surface area contributed by atoms with Gasteiger partial charge in [-0.3, -0.25) is 0 Å². The van der Waals surface area contributed by atoms with Crippen molar-refractivity contribution in [3.05, 3.63) is 64.7 Å². The Hall–Kier alpha value is -2.52. The molecule has 9 heteroatoms. The van der Waals surface area contributed by atoms with E-state index in [9.17, 15) is 23.1 Å². The number of aromatic nitrogens is 1. The standard InChI is InChI=1S/C19H15F3N2O2S2/c1-2-11-3-4-12(18(25)26)9-16(11)28-24-15-10-13(19(20,21)22)5-6-14(15)17-23-7-8-27-17/h3-10,24H,2H2,1H3,(H,25,26). The van der Waals surface area contributed by atoms with Crippen LogP contribution in [0.5, 0.6) is 0 Å². The zero-order valence-corrected chi connectivity index (χ0v) is 16.2. The lowest BCUT2D eigenvalue weighted by Crippen LogP contribution is -2.06. The molecule has 0 aliphatic carbocycles. The number of rotatable bonds is 6. The van der Waals surface area contributed by atoms with Crippen LogP contribution in [0.1, 0.15) is 28.4 Å². The van der Waals surface area contributed by atoms with Crippen molar-refractivity contribution in [1.82, 2.24) is 4.98 Å². The molecule has 0 amide bonds. The molecule has 0 saturated carbocycles. The maximum absolute atomic E-state index is 13.2. The van der Waals surface area contributed by atoms with Crippen LogP contribution in [-0.2, 0) is 12.6 Å². The number of carboxylic acid groups (broad SMARTS) is 1. The fourth-order valence-corrected chi connectivity index (χ4v) is 4.13. The molecular weight excluding hydrogens is 409 g/mol. The van der Waals surface area contributed by atoms with Gasteiger partial charge in [0.2, 0.25) is 0 Å². The molecule has 0 atom stereocenters. The van der Waals surface area contributed by atoms with E-state index >= 15 is 0 Å². The zero-order chi connectivity index (χ0) is 20.3. The van der Waals surface area contributed by atoms with E-state index in [4.69, 9.17) is 0 Å². The summed E-state index contributed by atoms with van der Waals surface area (Å²) in [6.45, 7) is 1.92. The van der Waals surface area contributed by atoms with Crippen molar-refractivity contribution in [2.45, 2.75) is 24.4 Å². The lowest BCUT2D eigenvalue weighted by molar-refractivity contribution is -0.137. The number of carbonyl (C=O) groups is 1. The maximum Gasteiger partial charge on any atom is 0.416 e. The Bertz CT molecular complexity index is 989. The highest BCUT2D eigenvalue weighted by molar-refractivity contribution is 8.00. The number of alkyl halides is 3. The molecule has 2 N–H and O–H groups in total. The summed E-state index contributed by atoms with van der Waals surface area (Å²) in [6, 6.07) is 8.18. The molecule has 28 heavy (non-hydrogen) atoms. The largest absolute Gasteiger partial charge is 0.478 e. The Morgan fingerprint density at radius 2 is 2.04 bits per heavy atom. The van der Waals surface area contributed by atoms with Gasteiger partial charge in [-0.1, -0.05) is 13.0 Å². The Balaban J connectivity index is 1.97. The molecule has 2 aromatic carbocycles. The van der Waals surface area contributed by atoms with E-state index in [0.29, 0.717) is 21.9 Å². The van der Waals surface area contributed by atoms with E-state index in [1.807, 2.05) is 6.92 Å². The first-order valence-electron chi connectivity index (χ1n) is 8.19. The third-order valence-electron chi connectivity index (χ3n) is 3.98. The Labute approximate surface area is 167 Å². The van der Waals surface area contributed by atoms with Crippen molar-refractivity contribution in [3.63, 3.8) is 0 Å². The third-order valence-corrected chi connectivity index (χ3v) is 5.70. The molecule has 0 spiro atoms. The van der Waals surface area contributed by atoms with Crippen LogP contribution in [-0.4, -0.2) is 16.1 Å². The average Bonchev–Trinajstić information content (AvgIpc) is 3.19. The fourth-order valence-electron chi connectivity index (χ4n) is 2.53. The summed E-state index contributed by atoms with van der Waals surface area (Å²) < 4.78 is 42.4. The van der Waals surface area contributed by atoms with Crippen LogP contribution in [0.4, 0.5) is 18.9 Å². The first kappa shape index (κ1) is 20.2. The molecule has 0 unspecified atom stereocenters. The number of hydrogen-bond donors (Lipinski definition) is 2. The van der Waals surface area contributed by atoms with Crippen LogP contribution in [0.3, 0.4) is 0 Å². The summed E-state index contributed by atoms with van der Waals surface area (Å²) in [5, 5.41) is 11.5. The summed E-state index contributed by atoms with van der Waals surface area (Å²) in [4.78, 5) is 16.0. The molecule has 146 valence electrons. The number of hydrogen-bond acceptors (Lipinski definition) is 5. The number of carboxylic acids is 1. The number of aryl methyl sites for hydroxylation is 1. The van der Waals surface area contributed by atoms with Gasteiger partial charge in [0, 0.05) is 22.0 Å². The van der Waals surface area contributed by atoms with Crippen molar-refractivity contribution < 1.29 is 23.1 Å². The van der Waals surface area contributed by atoms with Gasteiger partial charge in [-0.15, -0.1) is 11.3 Å². The van der Waals surface area contributed by atoms with Crippen molar-refractivity contribution in [1.29, 1.82) is 0 Å². The highest BCUT2D eigenvalue weighted by Gasteiger charge is 2.31. The monoisotopic (exact) mass is 424 g/mol. The molecule has 0 saturated heterocycles. The highest BCUT2D eigenvalue weighted by Crippen LogP contribution is 2.38. The predicted molar refractivity (Wildman–Crippen MR) is 105 cm³/mol. The van der Waals surface area contributed by atoms with Gasteiger partial charge in [0.1, 0.15) is 5.01 Å². The smallest absolute Gasteiger partial charge is 0.416 e. The lowest BCUT2D eigenvalue weighted by Gasteiger charge is -2.15. The van der Waals surface area contributed by atoms with Gasteiger partial charge in [0.05, 0.1) is 16.8 Å². The van der Waals surface area contributed by atoms with E-state index in [-0.39, 0.29) is 11.3 Å². The molecular formula is C19H15F3N2O2S2. The number of aromatic carboxylic acids is 1. The number of thiazole rings is 1. The topological polar surface area (TPSA) is 62.2 Å². The van der Waals surface area contributed by atoms with Crippen molar-refractivity contribution in [2.24, 2.45) is 0 Å². The summed E-state index contributed by atoms with van der Waals surface area (Å²) in [7, 11) is 0. The Kier molecular flexibility index (Phi) is 5.95. The average molecular weight is 424 g/mol. The quantitative estimate of drug-likeness (QED) is 0.461. The molecule has 0 aliphatic rings. The number of benzene rings is 2. The van der Waals surface area contributed by atoms with Gasteiger partial charge < -0.3 is 9.83 Å². The van der Waals surface area contributed by atoms with E-state index in [0.717, 1.165) is 29.6 Å². The van der Waals surface area contributed by atoms with Crippen LogP contribution in [0.15, 0.2) is 52.9 Å². The van der Waals surface area contributed by atoms with E-state index in [2.05, 4.69) is 9.71 Å². The second kappa shape index (κ2) is 8.24. The van der Waals surface area contributed by atoms with Gasteiger partial charge >= 0.3 is 12.1 Å². The van der Waals surface area contributed by atoms with Gasteiger partial charge in [-0.2, -0.15) is 13.2 Å². The minimum atomic E-state index is -4.47. The van der Waals surface area contributed by atoms with Crippen molar-refractivity contribution >= 4 is 34.9 Å². The van der Waals surface area contributed by atoms with Crippen molar-refractivity contribution in [2.75, 3.05) is 4.72 Å². The Morgan fingerprint density at radius 3 is 2.64 bits per heavy atom. The molecule has 0 aliphatic heterocycles. The first-order chi connectivity index (χ1) is 13.3. The molecule has 1 heterocycles. The molecule has 0 fully saturated rings. The third kappa shape index (κ3) is 4.48. The summed E-state index contributed by atoms with van der Waals surface area (Å²) in [5.74, 6) is -1.06. The summed E-state index contributed by atoms with van der Waals surface area (Å²) in [6.07, 6.45) is -2.23. The number of nitrogens with zero attached hydrogens (tertiary/aromatic N) is 1. The molecule has 3 aromatic rings. The Morgan fingerprint density at radius 1 is 1.25 bits per heavy atom. The van der Waals surface area contributed by atoms with Gasteiger partial charge in [-0.05, 0) is 54.3 Å². The van der Waals surface area contributed by atoms with E-state index < -0.39 is 17.7 Å². The van der Waals surface area contributed by atoms with Crippen LogP contribution in [0, 0.1) is 0 Å². The SMILES string of the molecule is CCc1ccc(C(=O)O)cc1SNc1cc(C(F)(F)F)ccc1-c1nccs1. The van der Waals surface area contributed by atoms with Crippen LogP contribution < -0.4 is 4.72 Å². The molecule has 0 bridgehead atoms. The molecule has 4 nitrogen and oxygen atoms in total. The number of anilines is 1. The minimum Gasteiger partial charge on any atom is -0.478 e. The second-order valence-corrected chi connectivity index (χ2v) is 7.52. The second-order valence-electron chi connectivity index (χ2n) is 5.78. The maximum atomic E-state index is 13.2. The first-order valence-corrected chi connectivity index (χ1v) is 9.89. The zero-order valence-electron chi connectivity index (χ0n) is 14.6. The molecule has 0 radical (unpaired) electrons. The van der Waals surface area contributed by atoms with E-state index in [1.54, 1.807) is 17.6 Å². The van der Waals surface area contributed by atoms with Gasteiger partial charge in [-0.25, -0.2) is 9.78 Å². The van der Waals surface area contributed by atoms with E-state index in [1.165, 1.54) is 29.5 Å². The molecule has 1 aromatic heterocycles. The van der Waals surface area contributed by atoms with Crippen LogP contribution >= 0.6 is 23.3 Å². The highest BCUT2D eigenvalue weighted by atomic mass is 32.2. The van der Waals surface area contributed by atoms with Gasteiger partial charge in [0.25, 0.3) is 0 Å². The van der Waals surface area contributed by atoms with Crippen LogP contribution in [0.2, 0.25) is 0 Å². The normalized spacial score (nSPS) is 11.4. The summed E-state index contributed by atoms with van der Waals surface area (Å²) in [5.41, 5.74) is 1.04. The van der Waals surface area contributed by atoms with Crippen molar-refractivity contribution in [3.8, 4) is 10.6 Å². The number of nitrogens with one attached hydrogen (secondary N) is 1. The van der Waals surface area contributed by atoms with Crippen LogP contribution in [0.25, 0.3) is 10.6 Å². The lowest BCUT2D eigenvalue weighted by atomic mass is 10.1. The molecule has 3 rings (SSSR count).